The highest BCUT2D eigenvalue weighted by molar-refractivity contribution is 6.04. The van der Waals surface area contributed by atoms with Crippen molar-refractivity contribution < 1.29 is 0 Å². The molecule has 0 aromatic carbocycles. The zero-order valence-corrected chi connectivity index (χ0v) is 6.45. The average molecular weight is 136 g/mol. The Labute approximate surface area is 63.6 Å². The van der Waals surface area contributed by atoms with Gasteiger partial charge >= 0.3 is 0 Å². The fourth-order valence-electron chi connectivity index (χ4n) is 2.20. The summed E-state index contributed by atoms with van der Waals surface area (Å²) < 4.78 is 0. The molecular formula is C7H13BN2. The van der Waals surface area contributed by atoms with Crippen molar-refractivity contribution in [2.24, 2.45) is 5.92 Å². The van der Waals surface area contributed by atoms with Crippen LogP contribution in [0.5, 0.6) is 0 Å². The predicted molar refractivity (Wildman–Crippen MR) is 41.9 cm³/mol. The maximum absolute atomic E-state index is 5.69. The first kappa shape index (κ1) is 6.68. The maximum Gasteiger partial charge on any atom is 0.182 e. The SMILES string of the molecule is [B]N1CC2CCN(C)C2C1. The van der Waals surface area contributed by atoms with Crippen LogP contribution in [0.2, 0.25) is 0 Å². The lowest BCUT2D eigenvalue weighted by Crippen LogP contribution is -2.31. The van der Waals surface area contributed by atoms with Crippen LogP contribution in [0.4, 0.5) is 0 Å². The normalized spacial score (nSPS) is 42.5. The number of fused-ring (bicyclic) bond motifs is 1. The second kappa shape index (κ2) is 2.24. The van der Waals surface area contributed by atoms with Crippen LogP contribution in [0.15, 0.2) is 0 Å². The molecule has 0 saturated carbocycles. The van der Waals surface area contributed by atoms with E-state index in [0.717, 1.165) is 25.0 Å². The lowest BCUT2D eigenvalue weighted by Gasteiger charge is -2.17. The lowest BCUT2D eigenvalue weighted by molar-refractivity contribution is 0.299. The zero-order valence-electron chi connectivity index (χ0n) is 6.45. The summed E-state index contributed by atoms with van der Waals surface area (Å²) in [7, 11) is 7.89. The van der Waals surface area contributed by atoms with Crippen molar-refractivity contribution in [3.8, 4) is 0 Å². The second-order valence-electron chi connectivity index (χ2n) is 3.55. The third kappa shape index (κ3) is 0.885. The monoisotopic (exact) mass is 136 g/mol. The standard InChI is InChI=1S/C7H13BN2/c1-9-3-2-6-4-10(8)5-7(6)9/h6-7H,2-5H2,1H3. The molecule has 54 valence electrons. The summed E-state index contributed by atoms with van der Waals surface area (Å²) in [6, 6.07) is 0.755. The first-order valence-corrected chi connectivity index (χ1v) is 3.97. The van der Waals surface area contributed by atoms with Crippen LogP contribution in [-0.2, 0) is 0 Å². The molecule has 0 amide bonds. The van der Waals surface area contributed by atoms with Gasteiger partial charge < -0.3 is 9.71 Å². The van der Waals surface area contributed by atoms with Crippen LogP contribution in [0.25, 0.3) is 0 Å². The number of likely N-dealkylation sites (N-methyl/N-ethyl adjacent to an activating group) is 1. The maximum atomic E-state index is 5.69. The first-order valence-electron chi connectivity index (χ1n) is 3.97. The highest BCUT2D eigenvalue weighted by atomic mass is 15.2. The molecule has 2 saturated heterocycles. The minimum atomic E-state index is 0.755. The van der Waals surface area contributed by atoms with Gasteiger partial charge in [-0.1, -0.05) is 0 Å². The quantitative estimate of drug-likeness (QED) is 0.422. The molecule has 0 aromatic rings. The van der Waals surface area contributed by atoms with Crippen LogP contribution in [0.3, 0.4) is 0 Å². The number of hydrogen-bond acceptors (Lipinski definition) is 2. The van der Waals surface area contributed by atoms with Crippen LogP contribution in [0.1, 0.15) is 6.42 Å². The first-order chi connectivity index (χ1) is 4.77. The zero-order chi connectivity index (χ0) is 7.14. The van der Waals surface area contributed by atoms with Crippen LogP contribution < -0.4 is 0 Å². The molecular weight excluding hydrogens is 123 g/mol. The van der Waals surface area contributed by atoms with Gasteiger partial charge in [0.1, 0.15) is 0 Å². The molecule has 3 heteroatoms. The van der Waals surface area contributed by atoms with Crippen molar-refractivity contribution in [3.05, 3.63) is 0 Å². The largest absolute Gasteiger partial charge is 0.352 e. The van der Waals surface area contributed by atoms with Crippen LogP contribution >= 0.6 is 0 Å². The lowest BCUT2D eigenvalue weighted by atomic mass is 10.1. The van der Waals surface area contributed by atoms with E-state index in [1.54, 1.807) is 0 Å². The van der Waals surface area contributed by atoms with E-state index in [1.807, 2.05) is 4.81 Å². The third-order valence-electron chi connectivity index (χ3n) is 2.85. The van der Waals surface area contributed by atoms with E-state index in [-0.39, 0.29) is 0 Å². The summed E-state index contributed by atoms with van der Waals surface area (Å²) in [5, 5.41) is 0. The molecule has 2 nitrogen and oxygen atoms in total. The van der Waals surface area contributed by atoms with Gasteiger partial charge in [0.2, 0.25) is 0 Å². The van der Waals surface area contributed by atoms with E-state index in [1.165, 1.54) is 13.0 Å². The summed E-state index contributed by atoms with van der Waals surface area (Å²) in [5.74, 6) is 0.856. The fourth-order valence-corrected chi connectivity index (χ4v) is 2.20. The molecule has 2 fully saturated rings. The number of hydrogen-bond donors (Lipinski definition) is 0. The van der Waals surface area contributed by atoms with Crippen LogP contribution in [-0.4, -0.2) is 50.4 Å². The van der Waals surface area contributed by atoms with Gasteiger partial charge in [-0.3, -0.25) is 0 Å². The predicted octanol–water partition coefficient (Wildman–Crippen LogP) is -0.294. The summed E-state index contributed by atoms with van der Waals surface area (Å²) in [5.41, 5.74) is 0. The highest BCUT2D eigenvalue weighted by Crippen LogP contribution is 2.28. The molecule has 10 heavy (non-hydrogen) atoms. The Kier molecular flexibility index (Phi) is 1.50. The molecule has 2 heterocycles. The van der Waals surface area contributed by atoms with Gasteiger partial charge in [-0.2, -0.15) is 0 Å². The molecule has 2 unspecified atom stereocenters. The smallest absolute Gasteiger partial charge is 0.182 e. The summed E-state index contributed by atoms with van der Waals surface area (Å²) in [6.07, 6.45) is 1.34. The van der Waals surface area contributed by atoms with Crippen molar-refractivity contribution >= 4 is 7.98 Å². The average Bonchev–Trinajstić information content (AvgIpc) is 2.35. The van der Waals surface area contributed by atoms with Gasteiger partial charge in [0.05, 0.1) is 0 Å². The Morgan fingerprint density at radius 2 is 2.20 bits per heavy atom. The van der Waals surface area contributed by atoms with Crippen molar-refractivity contribution in [3.63, 3.8) is 0 Å². The molecule has 2 aliphatic rings. The van der Waals surface area contributed by atoms with E-state index in [9.17, 15) is 0 Å². The van der Waals surface area contributed by atoms with Crippen molar-refractivity contribution in [1.82, 2.24) is 9.71 Å². The van der Waals surface area contributed by atoms with Gasteiger partial charge in [-0.05, 0) is 32.5 Å². The Balaban J connectivity index is 2.05. The summed E-state index contributed by atoms with van der Waals surface area (Å²) >= 11 is 0. The minimum Gasteiger partial charge on any atom is -0.352 e. The minimum absolute atomic E-state index is 0.755. The van der Waals surface area contributed by atoms with Gasteiger partial charge in [0, 0.05) is 12.6 Å². The van der Waals surface area contributed by atoms with Crippen molar-refractivity contribution in [2.45, 2.75) is 12.5 Å². The van der Waals surface area contributed by atoms with Gasteiger partial charge in [-0.25, -0.2) is 0 Å². The van der Waals surface area contributed by atoms with Gasteiger partial charge in [-0.15, -0.1) is 0 Å². The van der Waals surface area contributed by atoms with Crippen molar-refractivity contribution in [1.29, 1.82) is 0 Å². The van der Waals surface area contributed by atoms with Gasteiger partial charge in [0.25, 0.3) is 0 Å². The molecule has 0 spiro atoms. The number of nitrogens with zero attached hydrogens (tertiary/aromatic N) is 2. The molecule has 0 bridgehead atoms. The van der Waals surface area contributed by atoms with E-state index in [2.05, 4.69) is 11.9 Å². The Morgan fingerprint density at radius 1 is 1.40 bits per heavy atom. The Bertz CT molecular complexity index is 140. The Morgan fingerprint density at radius 3 is 2.90 bits per heavy atom. The van der Waals surface area contributed by atoms with E-state index in [0.29, 0.717) is 0 Å². The fraction of sp³-hybridized carbons (Fsp3) is 1.00. The van der Waals surface area contributed by atoms with E-state index in [4.69, 9.17) is 7.98 Å². The summed E-state index contributed by atoms with van der Waals surface area (Å²) in [4.78, 5) is 4.38. The summed E-state index contributed by atoms with van der Waals surface area (Å²) in [6.45, 7) is 3.44. The molecule has 0 N–H and O–H groups in total. The Hall–Kier alpha value is -0.0151. The molecule has 2 radical (unpaired) electrons. The number of likely N-dealkylation sites (tertiary alicyclic amines) is 1. The van der Waals surface area contributed by atoms with E-state index >= 15 is 0 Å². The van der Waals surface area contributed by atoms with Gasteiger partial charge in [0.15, 0.2) is 7.98 Å². The van der Waals surface area contributed by atoms with Crippen molar-refractivity contribution in [2.75, 3.05) is 26.7 Å². The molecule has 2 atom stereocenters. The highest BCUT2D eigenvalue weighted by Gasteiger charge is 2.37. The molecule has 2 aliphatic heterocycles. The van der Waals surface area contributed by atoms with Crippen LogP contribution in [0, 0.1) is 5.92 Å². The third-order valence-corrected chi connectivity index (χ3v) is 2.85. The molecule has 0 aliphatic carbocycles. The topological polar surface area (TPSA) is 6.48 Å². The molecule has 0 aromatic heterocycles. The number of rotatable bonds is 0. The molecule has 2 rings (SSSR count). The second-order valence-corrected chi connectivity index (χ2v) is 3.55. The van der Waals surface area contributed by atoms with E-state index < -0.39 is 0 Å².